The lowest BCUT2D eigenvalue weighted by atomic mass is 9.89. The van der Waals surface area contributed by atoms with Crippen LogP contribution in [0.2, 0.25) is 0 Å². The molecule has 3 rings (SSSR count). The first-order chi connectivity index (χ1) is 7.69. The monoisotopic (exact) mass is 217 g/mol. The SMILES string of the molecule is Cc1cn2c(C3(C)CCOC3)ncc2cn1. The van der Waals surface area contributed by atoms with Crippen molar-refractivity contribution in [2.45, 2.75) is 25.7 Å². The number of fused-ring (bicyclic) bond motifs is 1. The molecule has 84 valence electrons. The molecule has 1 atom stereocenters. The second-order valence-corrected chi connectivity index (χ2v) is 4.77. The van der Waals surface area contributed by atoms with E-state index in [4.69, 9.17) is 4.74 Å². The molecule has 0 saturated carbocycles. The van der Waals surface area contributed by atoms with Gasteiger partial charge in [-0.3, -0.25) is 9.38 Å². The zero-order valence-corrected chi connectivity index (χ0v) is 9.60. The Morgan fingerprint density at radius 1 is 1.38 bits per heavy atom. The lowest BCUT2D eigenvalue weighted by Crippen LogP contribution is -2.25. The standard InChI is InChI=1S/C12H15N3O/c1-9-7-15-10(5-13-9)6-14-11(15)12(2)3-4-16-8-12/h5-7H,3-4,8H2,1-2H3. The average Bonchev–Trinajstić information content (AvgIpc) is 2.84. The summed E-state index contributed by atoms with van der Waals surface area (Å²) in [6, 6.07) is 0. The Labute approximate surface area is 94.3 Å². The van der Waals surface area contributed by atoms with Crippen LogP contribution in [-0.2, 0) is 10.2 Å². The molecular weight excluding hydrogens is 202 g/mol. The topological polar surface area (TPSA) is 39.4 Å². The van der Waals surface area contributed by atoms with E-state index in [-0.39, 0.29) is 5.41 Å². The van der Waals surface area contributed by atoms with Gasteiger partial charge in [0.05, 0.1) is 35.6 Å². The number of hydrogen-bond donors (Lipinski definition) is 0. The lowest BCUT2D eigenvalue weighted by molar-refractivity contribution is 0.179. The van der Waals surface area contributed by atoms with Gasteiger partial charge < -0.3 is 4.74 Å². The number of ether oxygens (including phenoxy) is 1. The fourth-order valence-corrected chi connectivity index (χ4v) is 2.28. The molecule has 0 aliphatic carbocycles. The lowest BCUT2D eigenvalue weighted by Gasteiger charge is -2.20. The quantitative estimate of drug-likeness (QED) is 0.730. The van der Waals surface area contributed by atoms with Crippen LogP contribution in [0.1, 0.15) is 24.9 Å². The number of aromatic nitrogens is 3. The Kier molecular flexibility index (Phi) is 2.01. The number of nitrogens with zero attached hydrogens (tertiary/aromatic N) is 3. The molecule has 4 nitrogen and oxygen atoms in total. The molecule has 0 spiro atoms. The third-order valence-corrected chi connectivity index (χ3v) is 3.30. The van der Waals surface area contributed by atoms with Crippen LogP contribution in [0.15, 0.2) is 18.6 Å². The minimum Gasteiger partial charge on any atom is -0.380 e. The first-order valence-corrected chi connectivity index (χ1v) is 5.57. The van der Waals surface area contributed by atoms with E-state index in [0.29, 0.717) is 0 Å². The zero-order valence-electron chi connectivity index (χ0n) is 9.60. The summed E-state index contributed by atoms with van der Waals surface area (Å²) < 4.78 is 7.63. The summed E-state index contributed by atoms with van der Waals surface area (Å²) >= 11 is 0. The maximum atomic E-state index is 5.49. The van der Waals surface area contributed by atoms with Crippen molar-refractivity contribution >= 4 is 5.52 Å². The number of rotatable bonds is 1. The molecule has 0 bridgehead atoms. The first kappa shape index (κ1) is 9.78. The van der Waals surface area contributed by atoms with E-state index in [0.717, 1.165) is 36.7 Å². The van der Waals surface area contributed by atoms with Crippen LogP contribution >= 0.6 is 0 Å². The maximum absolute atomic E-state index is 5.49. The molecule has 1 aliphatic rings. The van der Waals surface area contributed by atoms with E-state index in [1.807, 2.05) is 25.5 Å². The minimum absolute atomic E-state index is 0.0419. The van der Waals surface area contributed by atoms with Gasteiger partial charge in [-0.1, -0.05) is 6.92 Å². The van der Waals surface area contributed by atoms with E-state index in [1.54, 1.807) is 0 Å². The molecule has 3 heterocycles. The summed E-state index contributed by atoms with van der Waals surface area (Å²) in [7, 11) is 0. The number of aryl methyl sites for hydroxylation is 1. The van der Waals surface area contributed by atoms with Crippen LogP contribution in [0, 0.1) is 6.92 Å². The maximum Gasteiger partial charge on any atom is 0.121 e. The molecule has 0 radical (unpaired) electrons. The van der Waals surface area contributed by atoms with Gasteiger partial charge in [-0.05, 0) is 13.3 Å². The van der Waals surface area contributed by atoms with Gasteiger partial charge >= 0.3 is 0 Å². The van der Waals surface area contributed by atoms with Crippen molar-refractivity contribution in [2.24, 2.45) is 0 Å². The molecule has 1 saturated heterocycles. The molecule has 4 heteroatoms. The van der Waals surface area contributed by atoms with Gasteiger partial charge in [-0.2, -0.15) is 0 Å². The van der Waals surface area contributed by atoms with Crippen LogP contribution in [0.25, 0.3) is 5.52 Å². The van der Waals surface area contributed by atoms with Crippen molar-refractivity contribution in [1.29, 1.82) is 0 Å². The number of hydrogen-bond acceptors (Lipinski definition) is 3. The Hall–Kier alpha value is -1.42. The fraction of sp³-hybridized carbons (Fsp3) is 0.500. The van der Waals surface area contributed by atoms with Crippen molar-refractivity contribution in [1.82, 2.24) is 14.4 Å². The van der Waals surface area contributed by atoms with Crippen LogP contribution in [0.5, 0.6) is 0 Å². The highest BCUT2D eigenvalue weighted by molar-refractivity contribution is 5.45. The van der Waals surface area contributed by atoms with E-state index in [9.17, 15) is 0 Å². The molecule has 0 N–H and O–H groups in total. The molecule has 0 aromatic carbocycles. The molecule has 2 aromatic rings. The average molecular weight is 217 g/mol. The Morgan fingerprint density at radius 2 is 2.19 bits per heavy atom. The summed E-state index contributed by atoms with van der Waals surface area (Å²) in [6.45, 7) is 5.80. The molecular formula is C12H15N3O. The molecule has 1 unspecified atom stereocenters. The van der Waals surface area contributed by atoms with E-state index in [1.165, 1.54) is 0 Å². The summed E-state index contributed by atoms with van der Waals surface area (Å²) in [5, 5.41) is 0. The molecule has 2 aromatic heterocycles. The van der Waals surface area contributed by atoms with Crippen LogP contribution < -0.4 is 0 Å². The molecule has 16 heavy (non-hydrogen) atoms. The molecule has 1 fully saturated rings. The van der Waals surface area contributed by atoms with Crippen molar-refractivity contribution in [2.75, 3.05) is 13.2 Å². The van der Waals surface area contributed by atoms with Gasteiger partial charge in [0.15, 0.2) is 0 Å². The molecule has 0 amide bonds. The Balaban J connectivity index is 2.19. The first-order valence-electron chi connectivity index (χ1n) is 5.57. The number of imidazole rings is 1. The van der Waals surface area contributed by atoms with Gasteiger partial charge in [0.1, 0.15) is 5.82 Å². The predicted octanol–water partition coefficient (Wildman–Crippen LogP) is 1.72. The van der Waals surface area contributed by atoms with Gasteiger partial charge in [0, 0.05) is 12.8 Å². The third kappa shape index (κ3) is 1.33. The summed E-state index contributed by atoms with van der Waals surface area (Å²) in [4.78, 5) is 8.81. The van der Waals surface area contributed by atoms with Crippen molar-refractivity contribution in [3.8, 4) is 0 Å². The largest absolute Gasteiger partial charge is 0.380 e. The predicted molar refractivity (Wildman–Crippen MR) is 60.5 cm³/mol. The minimum atomic E-state index is 0.0419. The van der Waals surface area contributed by atoms with Crippen molar-refractivity contribution in [3.63, 3.8) is 0 Å². The van der Waals surface area contributed by atoms with Gasteiger partial charge in [-0.15, -0.1) is 0 Å². The highest BCUT2D eigenvalue weighted by Crippen LogP contribution is 2.31. The Morgan fingerprint density at radius 3 is 2.94 bits per heavy atom. The van der Waals surface area contributed by atoms with Crippen LogP contribution in [0.4, 0.5) is 0 Å². The van der Waals surface area contributed by atoms with E-state index < -0.39 is 0 Å². The van der Waals surface area contributed by atoms with Crippen LogP contribution in [-0.4, -0.2) is 27.6 Å². The second kappa shape index (κ2) is 3.28. The van der Waals surface area contributed by atoms with Gasteiger partial charge in [-0.25, -0.2) is 4.98 Å². The van der Waals surface area contributed by atoms with Crippen LogP contribution in [0.3, 0.4) is 0 Å². The Bertz CT molecular complexity index is 526. The van der Waals surface area contributed by atoms with Gasteiger partial charge in [0.2, 0.25) is 0 Å². The normalized spacial score (nSPS) is 25.4. The van der Waals surface area contributed by atoms with Crippen molar-refractivity contribution in [3.05, 3.63) is 30.1 Å². The third-order valence-electron chi connectivity index (χ3n) is 3.30. The molecule has 1 aliphatic heterocycles. The zero-order chi connectivity index (χ0) is 11.2. The van der Waals surface area contributed by atoms with Crippen molar-refractivity contribution < 1.29 is 4.74 Å². The summed E-state index contributed by atoms with van der Waals surface area (Å²) in [5.74, 6) is 1.09. The second-order valence-electron chi connectivity index (χ2n) is 4.77. The van der Waals surface area contributed by atoms with Gasteiger partial charge in [0.25, 0.3) is 0 Å². The highest BCUT2D eigenvalue weighted by Gasteiger charge is 2.35. The summed E-state index contributed by atoms with van der Waals surface area (Å²) in [6.07, 6.45) is 6.82. The highest BCUT2D eigenvalue weighted by atomic mass is 16.5. The smallest absolute Gasteiger partial charge is 0.121 e. The van der Waals surface area contributed by atoms with E-state index >= 15 is 0 Å². The van der Waals surface area contributed by atoms with E-state index in [2.05, 4.69) is 21.3 Å². The fourth-order valence-electron chi connectivity index (χ4n) is 2.28. The summed E-state index contributed by atoms with van der Waals surface area (Å²) in [5.41, 5.74) is 2.10.